The van der Waals surface area contributed by atoms with Crippen molar-refractivity contribution in [1.82, 2.24) is 5.06 Å². The Bertz CT molecular complexity index is 850. The van der Waals surface area contributed by atoms with Gasteiger partial charge in [-0.1, -0.05) is 12.1 Å². The molecule has 0 aromatic heterocycles. The number of hydrogen-bond acceptors (Lipinski definition) is 5. The average molecular weight is 337 g/mol. The zero-order chi connectivity index (χ0) is 18.8. The smallest absolute Gasteiger partial charge is 0.335 e. The molecule has 2 aromatic rings. The van der Waals surface area contributed by atoms with Crippen LogP contribution in [0.1, 0.15) is 31.8 Å². The molecule has 0 heterocycles. The minimum absolute atomic E-state index is 0.143. The van der Waals surface area contributed by atoms with E-state index >= 15 is 0 Å². The third-order valence-electron chi connectivity index (χ3n) is 3.04. The Kier molecular flexibility index (Phi) is 7.33. The van der Waals surface area contributed by atoms with Crippen molar-refractivity contribution in [2.75, 3.05) is 14.2 Å². The molecule has 0 saturated carbocycles. The van der Waals surface area contributed by atoms with Crippen LogP contribution in [0.2, 0.25) is 0 Å². The number of nitrogens with zero attached hydrogens (tertiary/aromatic N) is 3. The van der Waals surface area contributed by atoms with E-state index in [0.717, 1.165) is 5.06 Å². The van der Waals surface area contributed by atoms with Crippen molar-refractivity contribution in [2.24, 2.45) is 0 Å². The lowest BCUT2D eigenvalue weighted by Crippen LogP contribution is -2.25. The SMILES string of the molecule is CON(C)C(=O)c1cccc(C#N)c1.N#Cc1cccc(C(=O)O)c1. The molecule has 2 aromatic carbocycles. The molecule has 126 valence electrons. The fourth-order valence-corrected chi connectivity index (χ4v) is 1.71. The number of carbonyl (C=O) groups excluding carboxylic acids is 1. The lowest BCUT2D eigenvalue weighted by molar-refractivity contribution is -0.0757. The van der Waals surface area contributed by atoms with E-state index < -0.39 is 5.97 Å². The van der Waals surface area contributed by atoms with E-state index in [-0.39, 0.29) is 11.5 Å². The third-order valence-corrected chi connectivity index (χ3v) is 3.04. The van der Waals surface area contributed by atoms with Gasteiger partial charge < -0.3 is 5.11 Å². The Labute approximate surface area is 144 Å². The Balaban J connectivity index is 0.000000257. The van der Waals surface area contributed by atoms with Gasteiger partial charge in [0.25, 0.3) is 5.91 Å². The van der Waals surface area contributed by atoms with Crippen LogP contribution in [0, 0.1) is 22.7 Å². The van der Waals surface area contributed by atoms with Crippen LogP contribution < -0.4 is 0 Å². The fraction of sp³-hybridized carbons (Fsp3) is 0.111. The first kappa shape index (κ1) is 19.4. The quantitative estimate of drug-likeness (QED) is 0.860. The van der Waals surface area contributed by atoms with Gasteiger partial charge in [0.05, 0.1) is 35.9 Å². The highest BCUT2D eigenvalue weighted by molar-refractivity contribution is 5.93. The van der Waals surface area contributed by atoms with Crippen LogP contribution in [0.5, 0.6) is 0 Å². The standard InChI is InChI=1S/C10H10N2O2.C8H5NO2/c1-12(14-2)10(13)9-5-3-4-8(6-9)7-11;9-5-6-2-1-3-7(4-6)8(10)11/h3-6H,1-2H3;1-4H,(H,10,11). The summed E-state index contributed by atoms with van der Waals surface area (Å²) in [5, 5.41) is 26.6. The summed E-state index contributed by atoms with van der Waals surface area (Å²) in [4.78, 5) is 26.6. The van der Waals surface area contributed by atoms with E-state index in [0.29, 0.717) is 16.7 Å². The first-order valence-electron chi connectivity index (χ1n) is 6.98. The number of hydroxylamine groups is 2. The molecule has 7 heteroatoms. The molecule has 0 atom stereocenters. The number of carboxylic acid groups (broad SMARTS) is 1. The van der Waals surface area contributed by atoms with E-state index in [2.05, 4.69) is 0 Å². The van der Waals surface area contributed by atoms with Gasteiger partial charge in [0, 0.05) is 12.6 Å². The molecule has 25 heavy (non-hydrogen) atoms. The van der Waals surface area contributed by atoms with Crippen molar-refractivity contribution in [2.45, 2.75) is 0 Å². The zero-order valence-corrected chi connectivity index (χ0v) is 13.6. The maximum absolute atomic E-state index is 11.5. The molecule has 0 aliphatic rings. The van der Waals surface area contributed by atoms with E-state index in [1.54, 1.807) is 30.3 Å². The van der Waals surface area contributed by atoms with Crippen LogP contribution in [-0.2, 0) is 4.84 Å². The molecule has 0 fully saturated rings. The van der Waals surface area contributed by atoms with Crippen molar-refractivity contribution in [3.63, 3.8) is 0 Å². The van der Waals surface area contributed by atoms with Crippen LogP contribution in [-0.4, -0.2) is 36.2 Å². The maximum Gasteiger partial charge on any atom is 0.335 e. The summed E-state index contributed by atoms with van der Waals surface area (Å²) in [5.74, 6) is -1.29. The number of amides is 1. The van der Waals surface area contributed by atoms with Gasteiger partial charge in [-0.2, -0.15) is 10.5 Å². The van der Waals surface area contributed by atoms with E-state index in [9.17, 15) is 9.59 Å². The molecule has 0 aliphatic heterocycles. The van der Waals surface area contributed by atoms with Crippen LogP contribution >= 0.6 is 0 Å². The number of benzene rings is 2. The average Bonchev–Trinajstić information content (AvgIpc) is 2.67. The van der Waals surface area contributed by atoms with Crippen molar-refractivity contribution in [3.05, 3.63) is 70.8 Å². The summed E-state index contributed by atoms with van der Waals surface area (Å²) in [7, 11) is 2.92. The second kappa shape index (κ2) is 9.46. The highest BCUT2D eigenvalue weighted by Gasteiger charge is 2.10. The minimum Gasteiger partial charge on any atom is -0.478 e. The van der Waals surface area contributed by atoms with Gasteiger partial charge in [-0.05, 0) is 36.4 Å². The van der Waals surface area contributed by atoms with E-state index in [4.69, 9.17) is 20.5 Å². The monoisotopic (exact) mass is 337 g/mol. The van der Waals surface area contributed by atoms with Crippen molar-refractivity contribution in [1.29, 1.82) is 10.5 Å². The van der Waals surface area contributed by atoms with Gasteiger partial charge in [-0.3, -0.25) is 9.63 Å². The first-order chi connectivity index (χ1) is 11.9. The summed E-state index contributed by atoms with van der Waals surface area (Å²) in [6.07, 6.45) is 0. The summed E-state index contributed by atoms with van der Waals surface area (Å²) >= 11 is 0. The Morgan fingerprint density at radius 3 is 1.92 bits per heavy atom. The molecular formula is C18H15N3O4. The molecule has 0 saturated heterocycles. The number of carbonyl (C=O) groups is 2. The number of aromatic carboxylic acids is 1. The van der Waals surface area contributed by atoms with E-state index in [1.165, 1.54) is 32.4 Å². The predicted octanol–water partition coefficient (Wildman–Crippen LogP) is 2.45. The number of hydrogen-bond donors (Lipinski definition) is 1. The largest absolute Gasteiger partial charge is 0.478 e. The van der Waals surface area contributed by atoms with Gasteiger partial charge in [0.15, 0.2) is 0 Å². The van der Waals surface area contributed by atoms with Crippen molar-refractivity contribution < 1.29 is 19.5 Å². The molecule has 1 amide bonds. The molecule has 0 aliphatic carbocycles. The van der Waals surface area contributed by atoms with Gasteiger partial charge in [-0.15, -0.1) is 0 Å². The first-order valence-corrected chi connectivity index (χ1v) is 6.98. The lowest BCUT2D eigenvalue weighted by atomic mass is 10.1. The molecule has 0 bridgehead atoms. The van der Waals surface area contributed by atoms with Crippen molar-refractivity contribution >= 4 is 11.9 Å². The van der Waals surface area contributed by atoms with Gasteiger partial charge in [-0.25, -0.2) is 9.86 Å². The predicted molar refractivity (Wildman–Crippen MR) is 88.4 cm³/mol. The van der Waals surface area contributed by atoms with Gasteiger partial charge in [0.1, 0.15) is 0 Å². The second-order valence-electron chi connectivity index (χ2n) is 4.68. The van der Waals surface area contributed by atoms with Crippen LogP contribution in [0.15, 0.2) is 48.5 Å². The van der Waals surface area contributed by atoms with Crippen LogP contribution in [0.3, 0.4) is 0 Å². The van der Waals surface area contributed by atoms with Crippen LogP contribution in [0.4, 0.5) is 0 Å². The number of nitriles is 2. The molecule has 0 spiro atoms. The van der Waals surface area contributed by atoms with Crippen LogP contribution in [0.25, 0.3) is 0 Å². The Hall–Kier alpha value is -3.68. The maximum atomic E-state index is 11.5. The summed E-state index contributed by atoms with van der Waals surface area (Å²) in [6.45, 7) is 0. The summed E-state index contributed by atoms with van der Waals surface area (Å²) < 4.78 is 0. The van der Waals surface area contributed by atoms with Crippen molar-refractivity contribution in [3.8, 4) is 12.1 Å². The molecular weight excluding hydrogens is 322 g/mol. The number of rotatable bonds is 3. The number of carboxylic acids is 1. The van der Waals surface area contributed by atoms with Gasteiger partial charge in [0.2, 0.25) is 0 Å². The molecule has 0 radical (unpaired) electrons. The minimum atomic E-state index is -1.01. The lowest BCUT2D eigenvalue weighted by Gasteiger charge is -2.13. The zero-order valence-electron chi connectivity index (χ0n) is 13.6. The summed E-state index contributed by atoms with van der Waals surface area (Å²) in [5.41, 5.74) is 1.41. The Morgan fingerprint density at radius 1 is 1.00 bits per heavy atom. The highest BCUT2D eigenvalue weighted by Crippen LogP contribution is 2.06. The Morgan fingerprint density at radius 2 is 1.48 bits per heavy atom. The summed E-state index contributed by atoms with van der Waals surface area (Å²) in [6, 6.07) is 16.2. The highest BCUT2D eigenvalue weighted by atomic mass is 16.7. The molecule has 1 N–H and O–H groups in total. The topological polar surface area (TPSA) is 114 Å². The molecule has 2 rings (SSSR count). The fourth-order valence-electron chi connectivity index (χ4n) is 1.71. The normalized spacial score (nSPS) is 8.96. The molecule has 7 nitrogen and oxygen atoms in total. The molecule has 0 unspecified atom stereocenters. The third kappa shape index (κ3) is 5.79. The van der Waals surface area contributed by atoms with Gasteiger partial charge >= 0.3 is 5.97 Å². The van der Waals surface area contributed by atoms with E-state index in [1.807, 2.05) is 12.1 Å². The second-order valence-corrected chi connectivity index (χ2v) is 4.68.